The Morgan fingerprint density at radius 3 is 2.67 bits per heavy atom. The van der Waals surface area contributed by atoms with Crippen molar-refractivity contribution >= 4 is 16.7 Å². The van der Waals surface area contributed by atoms with Gasteiger partial charge in [-0.15, -0.1) is 0 Å². The number of fused-ring (bicyclic) bond motifs is 1. The quantitative estimate of drug-likeness (QED) is 0.775. The standard InChI is InChI=1S/C12H9FO2/c1-7-2-3-8-5-9(12(14)15)6-11(13)10(8)4-7/h2-6H,1H3,(H,14,15). The molecule has 0 saturated carbocycles. The average Bonchev–Trinajstić information content (AvgIpc) is 2.18. The van der Waals surface area contributed by atoms with E-state index >= 15 is 0 Å². The van der Waals surface area contributed by atoms with E-state index in [1.165, 1.54) is 6.07 Å². The summed E-state index contributed by atoms with van der Waals surface area (Å²) in [4.78, 5) is 10.7. The number of halogens is 1. The molecule has 0 spiro atoms. The summed E-state index contributed by atoms with van der Waals surface area (Å²) in [5.74, 6) is -1.61. The largest absolute Gasteiger partial charge is 0.478 e. The van der Waals surface area contributed by atoms with Crippen LogP contribution >= 0.6 is 0 Å². The zero-order chi connectivity index (χ0) is 11.0. The molecular formula is C12H9FO2. The number of carboxylic acid groups (broad SMARTS) is 1. The predicted molar refractivity (Wildman–Crippen MR) is 55.6 cm³/mol. The van der Waals surface area contributed by atoms with E-state index in [9.17, 15) is 9.18 Å². The van der Waals surface area contributed by atoms with Crippen LogP contribution in [-0.4, -0.2) is 11.1 Å². The Morgan fingerprint density at radius 2 is 2.00 bits per heavy atom. The van der Waals surface area contributed by atoms with Gasteiger partial charge in [-0.1, -0.05) is 17.7 Å². The first-order valence-corrected chi connectivity index (χ1v) is 4.51. The molecule has 2 rings (SSSR count). The van der Waals surface area contributed by atoms with Crippen molar-refractivity contribution in [1.29, 1.82) is 0 Å². The van der Waals surface area contributed by atoms with Crippen LogP contribution in [-0.2, 0) is 0 Å². The molecule has 0 bridgehead atoms. The van der Waals surface area contributed by atoms with Crippen LogP contribution in [0.5, 0.6) is 0 Å². The van der Waals surface area contributed by atoms with Crippen LogP contribution in [0.4, 0.5) is 4.39 Å². The topological polar surface area (TPSA) is 37.3 Å². The second-order valence-electron chi connectivity index (χ2n) is 3.49. The van der Waals surface area contributed by atoms with Crippen molar-refractivity contribution < 1.29 is 14.3 Å². The maximum absolute atomic E-state index is 13.5. The lowest BCUT2D eigenvalue weighted by Gasteiger charge is -2.03. The van der Waals surface area contributed by atoms with Crippen molar-refractivity contribution in [2.75, 3.05) is 0 Å². The predicted octanol–water partition coefficient (Wildman–Crippen LogP) is 2.99. The lowest BCUT2D eigenvalue weighted by molar-refractivity contribution is 0.0696. The Kier molecular flexibility index (Phi) is 2.15. The van der Waals surface area contributed by atoms with Gasteiger partial charge in [-0.2, -0.15) is 0 Å². The van der Waals surface area contributed by atoms with E-state index in [-0.39, 0.29) is 5.56 Å². The third kappa shape index (κ3) is 1.68. The molecule has 76 valence electrons. The lowest BCUT2D eigenvalue weighted by atomic mass is 10.0. The van der Waals surface area contributed by atoms with Crippen LogP contribution in [0, 0.1) is 12.7 Å². The molecule has 0 amide bonds. The maximum Gasteiger partial charge on any atom is 0.335 e. The second kappa shape index (κ2) is 3.35. The monoisotopic (exact) mass is 204 g/mol. The molecule has 2 nitrogen and oxygen atoms in total. The van der Waals surface area contributed by atoms with Crippen LogP contribution < -0.4 is 0 Å². The number of benzene rings is 2. The molecule has 0 aliphatic carbocycles. The van der Waals surface area contributed by atoms with E-state index in [1.54, 1.807) is 12.1 Å². The van der Waals surface area contributed by atoms with Gasteiger partial charge in [0.05, 0.1) is 5.56 Å². The fourth-order valence-corrected chi connectivity index (χ4v) is 1.55. The zero-order valence-electron chi connectivity index (χ0n) is 8.12. The van der Waals surface area contributed by atoms with Gasteiger partial charge >= 0.3 is 5.97 Å². The molecule has 0 fully saturated rings. The number of aryl methyl sites for hydroxylation is 1. The first-order valence-electron chi connectivity index (χ1n) is 4.51. The van der Waals surface area contributed by atoms with Gasteiger partial charge in [-0.05, 0) is 30.5 Å². The number of hydrogen-bond donors (Lipinski definition) is 1. The van der Waals surface area contributed by atoms with Crippen molar-refractivity contribution in [3.05, 3.63) is 47.3 Å². The van der Waals surface area contributed by atoms with Crippen LogP contribution in [0.1, 0.15) is 15.9 Å². The van der Waals surface area contributed by atoms with Crippen LogP contribution in [0.15, 0.2) is 30.3 Å². The Hall–Kier alpha value is -1.90. The highest BCUT2D eigenvalue weighted by molar-refractivity contribution is 5.94. The van der Waals surface area contributed by atoms with Crippen molar-refractivity contribution in [2.45, 2.75) is 6.92 Å². The normalized spacial score (nSPS) is 10.5. The minimum Gasteiger partial charge on any atom is -0.478 e. The summed E-state index contributed by atoms with van der Waals surface area (Å²) in [5, 5.41) is 9.82. The molecule has 0 radical (unpaired) electrons. The molecule has 0 unspecified atom stereocenters. The molecule has 0 aliphatic heterocycles. The van der Waals surface area contributed by atoms with E-state index in [2.05, 4.69) is 0 Å². The highest BCUT2D eigenvalue weighted by atomic mass is 19.1. The molecule has 0 saturated heterocycles. The van der Waals surface area contributed by atoms with Gasteiger partial charge in [0.15, 0.2) is 0 Å². The van der Waals surface area contributed by atoms with Crippen molar-refractivity contribution in [2.24, 2.45) is 0 Å². The Labute approximate surface area is 86.0 Å². The molecular weight excluding hydrogens is 195 g/mol. The van der Waals surface area contributed by atoms with Crippen molar-refractivity contribution in [3.63, 3.8) is 0 Å². The molecule has 2 aromatic rings. The lowest BCUT2D eigenvalue weighted by Crippen LogP contribution is -1.97. The van der Waals surface area contributed by atoms with Gasteiger partial charge in [0.2, 0.25) is 0 Å². The summed E-state index contributed by atoms with van der Waals surface area (Å²) in [6.07, 6.45) is 0. The molecule has 2 aromatic carbocycles. The first kappa shape index (κ1) is 9.65. The summed E-state index contributed by atoms with van der Waals surface area (Å²) in [6.45, 7) is 1.87. The summed E-state index contributed by atoms with van der Waals surface area (Å²) < 4.78 is 13.5. The Balaban J connectivity index is 2.78. The van der Waals surface area contributed by atoms with Gasteiger partial charge in [0, 0.05) is 5.39 Å². The third-order valence-corrected chi connectivity index (χ3v) is 2.31. The van der Waals surface area contributed by atoms with Gasteiger partial charge < -0.3 is 5.11 Å². The summed E-state index contributed by atoms with van der Waals surface area (Å²) in [5.41, 5.74) is 0.924. The molecule has 0 atom stereocenters. The number of carboxylic acids is 1. The van der Waals surface area contributed by atoms with Crippen molar-refractivity contribution in [1.82, 2.24) is 0 Å². The molecule has 1 N–H and O–H groups in total. The summed E-state index contributed by atoms with van der Waals surface area (Å²) in [7, 11) is 0. The average molecular weight is 204 g/mol. The van der Waals surface area contributed by atoms with Crippen molar-refractivity contribution in [3.8, 4) is 0 Å². The molecule has 0 aromatic heterocycles. The fourth-order valence-electron chi connectivity index (χ4n) is 1.55. The first-order chi connectivity index (χ1) is 7.08. The zero-order valence-corrected chi connectivity index (χ0v) is 8.12. The fraction of sp³-hybridized carbons (Fsp3) is 0.0833. The third-order valence-electron chi connectivity index (χ3n) is 2.31. The van der Waals surface area contributed by atoms with Gasteiger partial charge in [-0.25, -0.2) is 9.18 Å². The minimum atomic E-state index is -1.11. The summed E-state index contributed by atoms with van der Waals surface area (Å²) in [6, 6.07) is 7.77. The molecule has 0 heterocycles. The maximum atomic E-state index is 13.5. The summed E-state index contributed by atoms with van der Waals surface area (Å²) >= 11 is 0. The number of rotatable bonds is 1. The Morgan fingerprint density at radius 1 is 1.27 bits per heavy atom. The molecule has 0 aliphatic rings. The van der Waals surface area contributed by atoms with Gasteiger partial charge in [0.1, 0.15) is 5.82 Å². The van der Waals surface area contributed by atoms with E-state index in [4.69, 9.17) is 5.11 Å². The van der Waals surface area contributed by atoms with E-state index in [0.717, 1.165) is 11.6 Å². The van der Waals surface area contributed by atoms with Crippen LogP contribution in [0.2, 0.25) is 0 Å². The SMILES string of the molecule is Cc1ccc2cc(C(=O)O)cc(F)c2c1. The number of hydrogen-bond acceptors (Lipinski definition) is 1. The smallest absolute Gasteiger partial charge is 0.335 e. The van der Waals surface area contributed by atoms with Gasteiger partial charge in [-0.3, -0.25) is 0 Å². The highest BCUT2D eigenvalue weighted by Gasteiger charge is 2.08. The second-order valence-corrected chi connectivity index (χ2v) is 3.49. The van der Waals surface area contributed by atoms with Gasteiger partial charge in [0.25, 0.3) is 0 Å². The van der Waals surface area contributed by atoms with E-state index < -0.39 is 11.8 Å². The molecule has 3 heteroatoms. The molecule has 15 heavy (non-hydrogen) atoms. The van der Waals surface area contributed by atoms with Crippen LogP contribution in [0.3, 0.4) is 0 Å². The minimum absolute atomic E-state index is 0.0242. The highest BCUT2D eigenvalue weighted by Crippen LogP contribution is 2.21. The number of aromatic carboxylic acids is 1. The van der Waals surface area contributed by atoms with E-state index in [0.29, 0.717) is 10.8 Å². The van der Waals surface area contributed by atoms with E-state index in [1.807, 2.05) is 13.0 Å². The van der Waals surface area contributed by atoms with Crippen LogP contribution in [0.25, 0.3) is 10.8 Å². The Bertz CT molecular complexity index is 547. The number of carbonyl (C=O) groups is 1.